The van der Waals surface area contributed by atoms with Crippen molar-refractivity contribution >= 4 is 37.8 Å². The number of likely N-dealkylation sites (tertiary alicyclic amines) is 1. The highest BCUT2D eigenvalue weighted by Crippen LogP contribution is 2.21. The first-order valence-corrected chi connectivity index (χ1v) is 9.79. The summed E-state index contributed by atoms with van der Waals surface area (Å²) in [6, 6.07) is 3.79. The zero-order valence-corrected chi connectivity index (χ0v) is 15.6. The Hall–Kier alpha value is -1.45. The van der Waals surface area contributed by atoms with Crippen LogP contribution in [0.2, 0.25) is 0 Å². The van der Waals surface area contributed by atoms with Crippen LogP contribution in [0.5, 0.6) is 0 Å². The van der Waals surface area contributed by atoms with Gasteiger partial charge in [0.2, 0.25) is 10.0 Å². The third kappa shape index (κ3) is 4.78. The maximum Gasteiger partial charge on any atom is 0.339 e. The molecule has 0 radical (unpaired) electrons. The molecule has 1 heterocycles. The Labute approximate surface area is 149 Å². The Balaban J connectivity index is 2.03. The van der Waals surface area contributed by atoms with E-state index in [-0.39, 0.29) is 23.0 Å². The summed E-state index contributed by atoms with van der Waals surface area (Å²) in [6.07, 6.45) is 2.01. The highest BCUT2D eigenvalue weighted by Gasteiger charge is 2.23. The van der Waals surface area contributed by atoms with E-state index in [2.05, 4.69) is 22.9 Å². The molecule has 1 unspecified atom stereocenters. The van der Waals surface area contributed by atoms with Crippen LogP contribution in [0, 0.1) is 5.92 Å². The van der Waals surface area contributed by atoms with Crippen LogP contribution in [0.3, 0.4) is 0 Å². The minimum absolute atomic E-state index is 0.00124. The monoisotopic (exact) mass is 418 g/mol. The van der Waals surface area contributed by atoms with Crippen LogP contribution in [0.1, 0.15) is 30.1 Å². The van der Waals surface area contributed by atoms with E-state index in [0.717, 1.165) is 18.9 Å². The average molecular weight is 419 g/mol. The van der Waals surface area contributed by atoms with Gasteiger partial charge in [-0.3, -0.25) is 4.79 Å². The number of hydrogen-bond acceptors (Lipinski definition) is 5. The standard InChI is InChI=1S/C15H19BrN2O5S/c1-10-3-2-6-18(8-10)14(19)9-23-15(20)12-7-11(24(17,21)22)4-5-13(12)16/h4-5,7,10H,2-3,6,8-9H2,1H3,(H2,17,21,22). The molecule has 1 saturated heterocycles. The summed E-state index contributed by atoms with van der Waals surface area (Å²) < 4.78 is 28.1. The van der Waals surface area contributed by atoms with E-state index in [1.807, 2.05) is 0 Å². The summed E-state index contributed by atoms with van der Waals surface area (Å²) in [6.45, 7) is 3.01. The molecule has 1 atom stereocenters. The molecule has 7 nitrogen and oxygen atoms in total. The van der Waals surface area contributed by atoms with E-state index >= 15 is 0 Å². The number of piperidine rings is 1. The van der Waals surface area contributed by atoms with Gasteiger partial charge in [-0.05, 0) is 52.9 Å². The average Bonchev–Trinajstić information content (AvgIpc) is 2.51. The lowest BCUT2D eigenvalue weighted by molar-refractivity contribution is -0.136. The van der Waals surface area contributed by atoms with Crippen molar-refractivity contribution in [2.24, 2.45) is 11.1 Å². The van der Waals surface area contributed by atoms with Crippen LogP contribution in [0.4, 0.5) is 0 Å². The van der Waals surface area contributed by atoms with Crippen molar-refractivity contribution in [2.75, 3.05) is 19.7 Å². The fourth-order valence-corrected chi connectivity index (χ4v) is 3.50. The van der Waals surface area contributed by atoms with E-state index in [1.54, 1.807) is 4.90 Å². The number of benzene rings is 1. The third-order valence-corrected chi connectivity index (χ3v) is 5.43. The lowest BCUT2D eigenvalue weighted by Gasteiger charge is -2.30. The SMILES string of the molecule is CC1CCCN(C(=O)COC(=O)c2cc(S(N)(=O)=O)ccc2Br)C1. The largest absolute Gasteiger partial charge is 0.452 e. The van der Waals surface area contributed by atoms with Gasteiger partial charge in [-0.25, -0.2) is 18.4 Å². The molecular formula is C15H19BrN2O5S. The lowest BCUT2D eigenvalue weighted by Crippen LogP contribution is -2.41. The van der Waals surface area contributed by atoms with Crippen molar-refractivity contribution in [3.8, 4) is 0 Å². The van der Waals surface area contributed by atoms with Crippen molar-refractivity contribution < 1.29 is 22.7 Å². The molecule has 1 aromatic rings. The van der Waals surface area contributed by atoms with E-state index in [9.17, 15) is 18.0 Å². The van der Waals surface area contributed by atoms with E-state index < -0.39 is 16.0 Å². The minimum Gasteiger partial charge on any atom is -0.452 e. The van der Waals surface area contributed by atoms with Gasteiger partial charge in [0.25, 0.3) is 5.91 Å². The van der Waals surface area contributed by atoms with Crippen LogP contribution in [-0.2, 0) is 19.6 Å². The predicted molar refractivity (Wildman–Crippen MR) is 90.8 cm³/mol. The van der Waals surface area contributed by atoms with Gasteiger partial charge < -0.3 is 9.64 Å². The van der Waals surface area contributed by atoms with Crippen molar-refractivity contribution in [1.29, 1.82) is 0 Å². The number of primary sulfonamides is 1. The number of esters is 1. The van der Waals surface area contributed by atoms with Crippen LogP contribution in [0.15, 0.2) is 27.6 Å². The number of carbonyl (C=O) groups is 2. The first-order chi connectivity index (χ1) is 11.2. The zero-order chi connectivity index (χ0) is 17.9. The van der Waals surface area contributed by atoms with E-state index in [0.29, 0.717) is 23.5 Å². The van der Waals surface area contributed by atoms with Gasteiger partial charge in [0.15, 0.2) is 6.61 Å². The maximum atomic E-state index is 12.1. The molecule has 0 aromatic heterocycles. The normalized spacial score (nSPS) is 18.3. The van der Waals surface area contributed by atoms with Crippen LogP contribution < -0.4 is 5.14 Å². The Kier molecular flexibility index (Phi) is 6.00. The summed E-state index contributed by atoms with van der Waals surface area (Å²) in [7, 11) is -3.93. The fourth-order valence-electron chi connectivity index (χ4n) is 2.55. The molecule has 1 aliphatic rings. The molecule has 9 heteroatoms. The summed E-state index contributed by atoms with van der Waals surface area (Å²) in [4.78, 5) is 25.7. The number of halogens is 1. The Morgan fingerprint density at radius 3 is 2.75 bits per heavy atom. The Bertz CT molecular complexity index is 750. The third-order valence-electron chi connectivity index (χ3n) is 3.82. The van der Waals surface area contributed by atoms with E-state index in [4.69, 9.17) is 9.88 Å². The van der Waals surface area contributed by atoms with Gasteiger partial charge in [-0.15, -0.1) is 0 Å². The predicted octanol–water partition coefficient (Wildman–Crippen LogP) is 1.51. The van der Waals surface area contributed by atoms with Crippen molar-refractivity contribution in [3.63, 3.8) is 0 Å². The zero-order valence-electron chi connectivity index (χ0n) is 13.2. The molecule has 1 aliphatic heterocycles. The van der Waals surface area contributed by atoms with Crippen LogP contribution >= 0.6 is 15.9 Å². The smallest absolute Gasteiger partial charge is 0.339 e. The molecule has 0 bridgehead atoms. The van der Waals surface area contributed by atoms with E-state index in [1.165, 1.54) is 12.1 Å². The molecule has 0 aliphatic carbocycles. The van der Waals surface area contributed by atoms with Crippen molar-refractivity contribution in [1.82, 2.24) is 4.90 Å². The molecule has 0 spiro atoms. The van der Waals surface area contributed by atoms with Crippen LogP contribution in [-0.4, -0.2) is 44.9 Å². The Morgan fingerprint density at radius 2 is 2.12 bits per heavy atom. The van der Waals surface area contributed by atoms with Gasteiger partial charge >= 0.3 is 5.97 Å². The quantitative estimate of drug-likeness (QED) is 0.745. The first kappa shape index (κ1) is 18.9. The molecule has 24 heavy (non-hydrogen) atoms. The van der Waals surface area contributed by atoms with Gasteiger partial charge in [-0.2, -0.15) is 0 Å². The van der Waals surface area contributed by atoms with Gasteiger partial charge in [0, 0.05) is 17.6 Å². The molecule has 1 amide bonds. The topological polar surface area (TPSA) is 107 Å². The molecule has 2 rings (SSSR count). The second-order valence-electron chi connectivity index (χ2n) is 5.85. The number of rotatable bonds is 4. The van der Waals surface area contributed by atoms with Gasteiger partial charge in [0.05, 0.1) is 10.5 Å². The first-order valence-electron chi connectivity index (χ1n) is 7.45. The number of nitrogens with zero attached hydrogens (tertiary/aromatic N) is 1. The minimum atomic E-state index is -3.93. The number of sulfonamides is 1. The molecule has 1 aromatic carbocycles. The second-order valence-corrected chi connectivity index (χ2v) is 8.27. The molecule has 0 saturated carbocycles. The van der Waals surface area contributed by atoms with Crippen molar-refractivity contribution in [2.45, 2.75) is 24.7 Å². The summed E-state index contributed by atoms with van der Waals surface area (Å²) in [5.41, 5.74) is 0.00124. The summed E-state index contributed by atoms with van der Waals surface area (Å²) in [5.74, 6) is -0.613. The second kappa shape index (κ2) is 7.62. The van der Waals surface area contributed by atoms with Gasteiger partial charge in [-0.1, -0.05) is 6.92 Å². The number of hydrogen-bond donors (Lipinski definition) is 1. The number of nitrogens with two attached hydrogens (primary N) is 1. The molecule has 132 valence electrons. The molecular weight excluding hydrogens is 400 g/mol. The maximum absolute atomic E-state index is 12.1. The summed E-state index contributed by atoms with van der Waals surface area (Å²) >= 11 is 3.16. The number of amides is 1. The van der Waals surface area contributed by atoms with Gasteiger partial charge in [0.1, 0.15) is 0 Å². The Morgan fingerprint density at radius 1 is 1.42 bits per heavy atom. The lowest BCUT2D eigenvalue weighted by atomic mass is 10.0. The van der Waals surface area contributed by atoms with Crippen molar-refractivity contribution in [3.05, 3.63) is 28.2 Å². The molecule has 2 N–H and O–H groups in total. The summed E-state index contributed by atoms with van der Waals surface area (Å²) in [5, 5.41) is 5.05. The van der Waals surface area contributed by atoms with Crippen LogP contribution in [0.25, 0.3) is 0 Å². The fraction of sp³-hybridized carbons (Fsp3) is 0.467. The molecule has 1 fully saturated rings. The highest BCUT2D eigenvalue weighted by molar-refractivity contribution is 9.10. The number of ether oxygens (including phenoxy) is 1. The number of carbonyl (C=O) groups excluding carboxylic acids is 2. The highest BCUT2D eigenvalue weighted by atomic mass is 79.9.